The second-order valence-electron chi connectivity index (χ2n) is 12.1. The Morgan fingerprint density at radius 1 is 0.500 bits per heavy atom. The van der Waals surface area contributed by atoms with Crippen LogP contribution in [0.5, 0.6) is 11.5 Å². The molecule has 0 heterocycles. The summed E-state index contributed by atoms with van der Waals surface area (Å²) in [6.45, 7) is 17.7. The van der Waals surface area contributed by atoms with Crippen molar-refractivity contribution in [3.63, 3.8) is 0 Å². The lowest BCUT2D eigenvalue weighted by atomic mass is 10.1. The average molecular weight is 716 g/mol. The van der Waals surface area contributed by atoms with Crippen LogP contribution in [0.2, 0.25) is 0 Å². The summed E-state index contributed by atoms with van der Waals surface area (Å²) < 4.78 is 58.6. The maximum Gasteiger partial charge on any atom is 0.330 e. The summed E-state index contributed by atoms with van der Waals surface area (Å²) in [5.74, 6) is 1.39. The Labute approximate surface area is 293 Å². The van der Waals surface area contributed by atoms with E-state index in [-0.39, 0.29) is 0 Å². The Morgan fingerprint density at radius 2 is 0.833 bits per heavy atom. The molecule has 0 unspecified atom stereocenters. The van der Waals surface area contributed by atoms with Crippen LogP contribution in [0, 0.1) is 6.57 Å². The van der Waals surface area contributed by atoms with E-state index in [2.05, 4.69) is 4.85 Å². The van der Waals surface area contributed by atoms with Gasteiger partial charge in [0.2, 0.25) is 0 Å². The third kappa shape index (κ3) is 22.4. The van der Waals surface area contributed by atoms with Gasteiger partial charge >= 0.3 is 15.2 Å². The van der Waals surface area contributed by atoms with Crippen molar-refractivity contribution in [1.29, 1.82) is 0 Å². The highest BCUT2D eigenvalue weighted by Crippen LogP contribution is 2.49. The lowest BCUT2D eigenvalue weighted by Crippen LogP contribution is -2.02. The lowest BCUT2D eigenvalue weighted by molar-refractivity contribution is 0.218. The fourth-order valence-corrected chi connectivity index (χ4v) is 9.03. The standard InChI is InChI=1S/C37H67NO8P2/c1-6-43-47(39,44-7-2)32-26-22-18-14-10-12-16-20-24-30-41-36-29-28-35(38-5)34-37(36)42-31-25-21-17-13-11-15-19-23-27-33-48(40,45-8-3)46-9-4/h28-29,34H,6-27,30-33H2,1-4H3. The molecule has 11 heteroatoms. The van der Waals surface area contributed by atoms with Crippen molar-refractivity contribution >= 4 is 20.9 Å². The van der Waals surface area contributed by atoms with Gasteiger partial charge in [-0.05, 0) is 65.5 Å². The largest absolute Gasteiger partial charge is 0.491 e. The third-order valence-electron chi connectivity index (χ3n) is 8.03. The first-order valence-electron chi connectivity index (χ1n) is 18.9. The van der Waals surface area contributed by atoms with Gasteiger partial charge in [0.1, 0.15) is 0 Å². The molecule has 1 aromatic carbocycles. The Kier molecular flexibility index (Phi) is 27.3. The van der Waals surface area contributed by atoms with E-state index in [9.17, 15) is 9.13 Å². The molecule has 0 spiro atoms. The van der Waals surface area contributed by atoms with Gasteiger partial charge in [-0.3, -0.25) is 9.13 Å². The highest BCUT2D eigenvalue weighted by atomic mass is 31.2. The summed E-state index contributed by atoms with van der Waals surface area (Å²) >= 11 is 0. The van der Waals surface area contributed by atoms with E-state index in [0.717, 1.165) is 70.0 Å². The number of rotatable bonds is 34. The zero-order valence-electron chi connectivity index (χ0n) is 30.7. The Bertz CT molecular complexity index is 1040. The van der Waals surface area contributed by atoms with E-state index >= 15 is 0 Å². The number of hydrogen-bond donors (Lipinski definition) is 0. The minimum absolute atomic E-state index is 0.425. The molecule has 1 aromatic rings. The van der Waals surface area contributed by atoms with Crippen LogP contribution in [0.4, 0.5) is 5.69 Å². The molecule has 0 atom stereocenters. The van der Waals surface area contributed by atoms with Crippen molar-refractivity contribution in [1.82, 2.24) is 0 Å². The van der Waals surface area contributed by atoms with Crippen LogP contribution in [-0.2, 0) is 27.2 Å². The summed E-state index contributed by atoms with van der Waals surface area (Å²) in [4.78, 5) is 3.56. The third-order valence-corrected chi connectivity index (χ3v) is 12.4. The smallest absolute Gasteiger partial charge is 0.330 e. The molecule has 0 N–H and O–H groups in total. The molecule has 0 aliphatic rings. The molecular formula is C37H67NO8P2. The van der Waals surface area contributed by atoms with Crippen molar-refractivity contribution in [3.8, 4) is 11.5 Å². The fraction of sp³-hybridized carbons (Fsp3) is 0.811. The molecule has 278 valence electrons. The van der Waals surface area contributed by atoms with Gasteiger partial charge in [0.05, 0.1) is 58.5 Å². The Hall–Kier alpha value is -1.39. The number of benzene rings is 1. The second kappa shape index (κ2) is 29.4. The topological polar surface area (TPSA) is 93.9 Å². The van der Waals surface area contributed by atoms with E-state index < -0.39 is 15.2 Å². The van der Waals surface area contributed by atoms with Crippen LogP contribution >= 0.6 is 15.2 Å². The molecule has 0 aliphatic heterocycles. The predicted molar refractivity (Wildman–Crippen MR) is 198 cm³/mol. The molecular weight excluding hydrogens is 648 g/mol. The lowest BCUT2D eigenvalue weighted by Gasteiger charge is -2.16. The normalized spacial score (nSPS) is 11.9. The maximum absolute atomic E-state index is 12.5. The molecule has 9 nitrogen and oxygen atoms in total. The summed E-state index contributed by atoms with van der Waals surface area (Å²) in [5, 5.41) is 0. The molecule has 0 fully saturated rings. The van der Waals surface area contributed by atoms with Crippen LogP contribution in [0.1, 0.15) is 143 Å². The quantitative estimate of drug-likeness (QED) is 0.0395. The van der Waals surface area contributed by atoms with Gasteiger partial charge in [-0.2, -0.15) is 0 Å². The minimum atomic E-state index is -2.89. The first-order chi connectivity index (χ1) is 23.3. The number of ether oxygens (including phenoxy) is 2. The SMILES string of the molecule is [C-]#[N+]c1ccc(OCCCCCCCCCCCP(=O)(OCC)OCC)c(OCCCCCCCCCCCP(=O)(OCC)OCC)c1. The monoisotopic (exact) mass is 715 g/mol. The van der Waals surface area contributed by atoms with E-state index in [0.29, 0.717) is 63.4 Å². The van der Waals surface area contributed by atoms with E-state index in [1.54, 1.807) is 12.1 Å². The summed E-state index contributed by atoms with van der Waals surface area (Å²) in [5.41, 5.74) is 0.563. The second-order valence-corrected chi connectivity index (χ2v) is 16.5. The van der Waals surface area contributed by atoms with Crippen molar-refractivity contribution < 1.29 is 36.7 Å². The van der Waals surface area contributed by atoms with Crippen molar-refractivity contribution in [3.05, 3.63) is 29.6 Å². The Balaban J connectivity index is 2.12. The molecule has 0 saturated carbocycles. The number of unbranched alkanes of at least 4 members (excludes halogenated alkanes) is 16. The first kappa shape index (κ1) is 44.6. The molecule has 0 saturated heterocycles. The molecule has 0 aromatic heterocycles. The number of hydrogen-bond acceptors (Lipinski definition) is 8. The van der Waals surface area contributed by atoms with Gasteiger partial charge in [0.15, 0.2) is 17.2 Å². The summed E-state index contributed by atoms with van der Waals surface area (Å²) in [6.07, 6.45) is 21.1. The predicted octanol–water partition coefficient (Wildman–Crippen LogP) is 12.5. The minimum Gasteiger partial charge on any atom is -0.491 e. The fourth-order valence-electron chi connectivity index (χ4n) is 5.57. The van der Waals surface area contributed by atoms with Crippen LogP contribution < -0.4 is 9.47 Å². The van der Waals surface area contributed by atoms with Gasteiger partial charge in [-0.15, -0.1) is 0 Å². The van der Waals surface area contributed by atoms with Crippen molar-refractivity contribution in [2.24, 2.45) is 0 Å². The van der Waals surface area contributed by atoms with Gasteiger partial charge < -0.3 is 27.6 Å². The van der Waals surface area contributed by atoms with Crippen molar-refractivity contribution in [2.45, 2.75) is 143 Å². The van der Waals surface area contributed by atoms with Gasteiger partial charge in [-0.1, -0.05) is 96.0 Å². The molecule has 1 rings (SSSR count). The van der Waals surface area contributed by atoms with Crippen LogP contribution in [0.25, 0.3) is 4.85 Å². The van der Waals surface area contributed by atoms with Crippen molar-refractivity contribution in [2.75, 3.05) is 52.0 Å². The first-order valence-corrected chi connectivity index (χ1v) is 22.3. The van der Waals surface area contributed by atoms with E-state index in [1.165, 1.54) is 51.4 Å². The average Bonchev–Trinajstić information content (AvgIpc) is 3.06. The van der Waals surface area contributed by atoms with Gasteiger partial charge in [-0.25, -0.2) is 4.85 Å². The highest BCUT2D eigenvalue weighted by Gasteiger charge is 2.23. The van der Waals surface area contributed by atoms with Crippen LogP contribution in [-0.4, -0.2) is 52.0 Å². The molecule has 0 bridgehead atoms. The van der Waals surface area contributed by atoms with Gasteiger partial charge in [0.25, 0.3) is 0 Å². The van der Waals surface area contributed by atoms with E-state index in [1.807, 2.05) is 33.8 Å². The summed E-state index contributed by atoms with van der Waals surface area (Å²) in [7, 11) is -5.79. The zero-order valence-corrected chi connectivity index (χ0v) is 32.5. The highest BCUT2D eigenvalue weighted by molar-refractivity contribution is 7.54. The molecule has 0 aliphatic carbocycles. The number of nitrogens with zero attached hydrogens (tertiary/aromatic N) is 1. The maximum atomic E-state index is 12.5. The van der Waals surface area contributed by atoms with E-state index in [4.69, 9.17) is 34.1 Å². The van der Waals surface area contributed by atoms with Crippen LogP contribution in [0.15, 0.2) is 18.2 Å². The molecule has 0 amide bonds. The summed E-state index contributed by atoms with van der Waals surface area (Å²) in [6, 6.07) is 5.44. The Morgan fingerprint density at radius 3 is 1.19 bits per heavy atom. The molecule has 48 heavy (non-hydrogen) atoms. The molecule has 0 radical (unpaired) electrons. The van der Waals surface area contributed by atoms with Crippen LogP contribution in [0.3, 0.4) is 0 Å². The zero-order chi connectivity index (χ0) is 35.2. The van der Waals surface area contributed by atoms with Gasteiger partial charge in [0, 0.05) is 0 Å².